The second kappa shape index (κ2) is 6.28. The van der Waals surface area contributed by atoms with Gasteiger partial charge in [0.05, 0.1) is 6.61 Å². The zero-order chi connectivity index (χ0) is 16.5. The predicted octanol–water partition coefficient (Wildman–Crippen LogP) is -0.848. The Bertz CT molecular complexity index is 804. The molecule has 1 aromatic carbocycles. The molecule has 4 bridgehead atoms. The van der Waals surface area contributed by atoms with Crippen molar-refractivity contribution in [3.05, 3.63) is 29.5 Å². The van der Waals surface area contributed by atoms with Crippen LogP contribution >= 0.6 is 0 Å². The Balaban J connectivity index is 0.00000157. The topological polar surface area (TPSA) is 62.3 Å². The van der Waals surface area contributed by atoms with Crippen LogP contribution in [0.15, 0.2) is 18.2 Å². The van der Waals surface area contributed by atoms with Crippen molar-refractivity contribution in [3.8, 4) is 5.75 Å². The number of fused-ring (bicyclic) bond motifs is 4. The summed E-state index contributed by atoms with van der Waals surface area (Å²) in [6, 6.07) is 5.75. The van der Waals surface area contributed by atoms with Gasteiger partial charge in [0.1, 0.15) is 0 Å². The Morgan fingerprint density at radius 1 is 1.40 bits per heavy atom. The number of benzene rings is 1. The van der Waals surface area contributed by atoms with Crippen LogP contribution < -0.4 is 34.7 Å². The first-order valence-corrected chi connectivity index (χ1v) is 9.33. The van der Waals surface area contributed by atoms with E-state index in [1.54, 1.807) is 12.1 Å². The Morgan fingerprint density at radius 3 is 3.00 bits per heavy atom. The third-order valence-corrected chi connectivity index (χ3v) is 7.02. The number of nitrogens with one attached hydrogen (secondary N) is 1. The third-order valence-electron chi connectivity index (χ3n) is 7.02. The van der Waals surface area contributed by atoms with Crippen LogP contribution in [0.4, 0.5) is 0 Å². The fraction of sp³-hybridized carbons (Fsp3) is 0.600. The summed E-state index contributed by atoms with van der Waals surface area (Å²) in [6.07, 6.45) is 4.53. The smallest absolute Gasteiger partial charge is 0.872 e. The van der Waals surface area contributed by atoms with Gasteiger partial charge in [-0.2, -0.15) is 0 Å². The van der Waals surface area contributed by atoms with Crippen molar-refractivity contribution in [3.63, 3.8) is 0 Å². The molecule has 0 spiro atoms. The maximum atomic E-state index is 11.9. The molecule has 3 fully saturated rings. The molecule has 5 heteroatoms. The first-order valence-electron chi connectivity index (χ1n) is 9.33. The molecule has 2 saturated heterocycles. The minimum Gasteiger partial charge on any atom is -0.872 e. The summed E-state index contributed by atoms with van der Waals surface area (Å²) in [7, 11) is 0. The molecule has 2 N–H and O–H groups in total. The average Bonchev–Trinajstić information content (AvgIpc) is 2.93. The fourth-order valence-corrected chi connectivity index (χ4v) is 6.23. The summed E-state index contributed by atoms with van der Waals surface area (Å²) in [5, 5.41) is 23.5. The molecule has 25 heavy (non-hydrogen) atoms. The van der Waals surface area contributed by atoms with E-state index in [0.717, 1.165) is 30.3 Å². The van der Waals surface area contributed by atoms with E-state index >= 15 is 0 Å². The quantitative estimate of drug-likeness (QED) is 0.695. The number of aliphatic hydroxyl groups excluding tert-OH is 1. The summed E-state index contributed by atoms with van der Waals surface area (Å²) in [4.78, 5) is 6.28. The molecule has 1 aliphatic carbocycles. The van der Waals surface area contributed by atoms with E-state index in [1.165, 1.54) is 30.6 Å². The van der Waals surface area contributed by atoms with Gasteiger partial charge in [0.2, 0.25) is 0 Å². The van der Waals surface area contributed by atoms with E-state index in [9.17, 15) is 10.2 Å². The number of nitrogens with zero attached hydrogens (tertiary/aromatic N) is 1. The molecule has 1 saturated carbocycles. The Hall–Kier alpha value is -0.520. The number of aromatic amines is 1. The summed E-state index contributed by atoms with van der Waals surface area (Å²) in [5.74, 6) is 1.42. The number of piperidine rings is 2. The number of aliphatic hydroxyl groups is 1. The van der Waals surface area contributed by atoms with Crippen LogP contribution in [0.2, 0.25) is 0 Å². The molecule has 2 aromatic rings. The summed E-state index contributed by atoms with van der Waals surface area (Å²) < 4.78 is 0. The van der Waals surface area contributed by atoms with Crippen LogP contribution in [0.1, 0.15) is 37.4 Å². The Morgan fingerprint density at radius 2 is 2.24 bits per heavy atom. The van der Waals surface area contributed by atoms with Crippen molar-refractivity contribution < 1.29 is 39.8 Å². The molecule has 6 rings (SSSR count). The van der Waals surface area contributed by atoms with Gasteiger partial charge in [-0.05, 0) is 42.7 Å². The van der Waals surface area contributed by atoms with Crippen LogP contribution in [0.5, 0.6) is 5.75 Å². The molecule has 0 radical (unpaired) electrons. The SMILES string of the molecule is CC[C@H]1C[C@H]2CN3CCc4c([nH]c5ccc([O-])cc45)[C@](CO)(C2)[C@H]13.[Na+]. The maximum Gasteiger partial charge on any atom is 1.00 e. The van der Waals surface area contributed by atoms with E-state index < -0.39 is 0 Å². The monoisotopic (exact) mass is 348 g/mol. The first-order chi connectivity index (χ1) is 11.7. The molecule has 0 amide bonds. The van der Waals surface area contributed by atoms with Crippen molar-refractivity contribution in [1.82, 2.24) is 9.88 Å². The third kappa shape index (κ3) is 2.38. The van der Waals surface area contributed by atoms with Crippen molar-refractivity contribution in [1.29, 1.82) is 0 Å². The van der Waals surface area contributed by atoms with Crippen molar-refractivity contribution in [2.45, 2.75) is 44.1 Å². The number of rotatable bonds is 2. The van der Waals surface area contributed by atoms with E-state index in [0.29, 0.717) is 17.9 Å². The van der Waals surface area contributed by atoms with Crippen LogP contribution in [0, 0.1) is 11.8 Å². The normalized spacial score (nSPS) is 35.9. The van der Waals surface area contributed by atoms with Gasteiger partial charge in [0.15, 0.2) is 0 Å². The second-order valence-electron chi connectivity index (χ2n) is 8.16. The number of aromatic nitrogens is 1. The van der Waals surface area contributed by atoms with Gasteiger partial charge in [0, 0.05) is 41.1 Å². The molecule has 4 heterocycles. The average molecular weight is 348 g/mol. The molecule has 4 aliphatic rings. The van der Waals surface area contributed by atoms with E-state index in [1.807, 2.05) is 6.07 Å². The van der Waals surface area contributed by atoms with Gasteiger partial charge in [-0.25, -0.2) is 0 Å². The number of hydrogen-bond donors (Lipinski definition) is 2. The maximum absolute atomic E-state index is 11.9. The van der Waals surface area contributed by atoms with Crippen LogP contribution in [-0.4, -0.2) is 40.7 Å². The molecule has 3 aliphatic heterocycles. The van der Waals surface area contributed by atoms with Gasteiger partial charge >= 0.3 is 29.6 Å². The van der Waals surface area contributed by atoms with Gasteiger partial charge in [-0.3, -0.25) is 4.90 Å². The van der Waals surface area contributed by atoms with Gasteiger partial charge in [-0.1, -0.05) is 25.5 Å². The Kier molecular flexibility index (Phi) is 4.49. The van der Waals surface area contributed by atoms with E-state index in [2.05, 4.69) is 16.8 Å². The number of hydrogen-bond acceptors (Lipinski definition) is 3. The molecule has 1 aromatic heterocycles. The van der Waals surface area contributed by atoms with Crippen molar-refractivity contribution in [2.75, 3.05) is 19.7 Å². The standard InChI is InChI=1S/C20H26N2O2.Na/c1-2-13-7-12-9-20(11-23)18-15(5-6-22(10-12)19(13)20)16-8-14(24)3-4-17(16)21-18;/h3-4,8,12-13,19,21,23-24H,2,5-7,9-11H2,1H3;/q;+1/p-1/t12-,13+,19+,20-;/m1./s1. The molecular weight excluding hydrogens is 323 g/mol. The van der Waals surface area contributed by atoms with Crippen molar-refractivity contribution >= 4 is 10.9 Å². The van der Waals surface area contributed by atoms with Crippen LogP contribution in [0.3, 0.4) is 0 Å². The summed E-state index contributed by atoms with van der Waals surface area (Å²) in [5.41, 5.74) is 3.37. The van der Waals surface area contributed by atoms with E-state index in [-0.39, 0.29) is 47.3 Å². The fourth-order valence-electron chi connectivity index (χ4n) is 6.23. The molecule has 5 atom stereocenters. The molecule has 4 nitrogen and oxygen atoms in total. The number of H-pyrrole nitrogens is 1. The molecular formula is C20H25N2NaO2. The van der Waals surface area contributed by atoms with Gasteiger partial charge in [0.25, 0.3) is 0 Å². The molecule has 1 unspecified atom stereocenters. The van der Waals surface area contributed by atoms with Gasteiger partial charge < -0.3 is 15.2 Å². The predicted molar refractivity (Wildman–Crippen MR) is 92.1 cm³/mol. The zero-order valence-corrected chi connectivity index (χ0v) is 17.2. The van der Waals surface area contributed by atoms with E-state index in [4.69, 9.17) is 0 Å². The largest absolute Gasteiger partial charge is 1.00 e. The minimum atomic E-state index is -0.185. The second-order valence-corrected chi connectivity index (χ2v) is 8.16. The summed E-state index contributed by atoms with van der Waals surface area (Å²) in [6.45, 7) is 4.71. The zero-order valence-electron chi connectivity index (χ0n) is 15.2. The van der Waals surface area contributed by atoms with Crippen LogP contribution in [0.25, 0.3) is 10.9 Å². The minimum absolute atomic E-state index is 0. The van der Waals surface area contributed by atoms with Crippen molar-refractivity contribution in [2.24, 2.45) is 11.8 Å². The summed E-state index contributed by atoms with van der Waals surface area (Å²) >= 11 is 0. The Labute approximate surface area is 170 Å². The molecule has 128 valence electrons. The van der Waals surface area contributed by atoms with Crippen LogP contribution in [-0.2, 0) is 11.8 Å². The van der Waals surface area contributed by atoms with Gasteiger partial charge in [-0.15, -0.1) is 5.75 Å². The first kappa shape index (κ1) is 17.9.